The minimum atomic E-state index is -0.853. The van der Waals surface area contributed by atoms with Crippen molar-refractivity contribution in [3.63, 3.8) is 0 Å². The molecule has 43 heavy (non-hydrogen) atoms. The Balaban J connectivity index is 1.47. The van der Waals surface area contributed by atoms with Crippen LogP contribution < -0.4 is 16.0 Å². The summed E-state index contributed by atoms with van der Waals surface area (Å²) in [6.07, 6.45) is 7.01. The molecule has 1 aliphatic heterocycles. The standard InChI is InChI=1S/C32H46N6O5/c1-5-25-26(20-43-36-25)34-31(41)28(23-10-8-7-9-11-23)30(40)33-24-14-12-22(13-15-24)21(3)29(35-27(39)6-2)32(42)38-18-16-37(4)17-19-38/h12-15,20-21,23,28-29H,5-11,16-19H2,1-4H3,(H,33,40)(H,34,41)(H,35,39)/t21-,28-,29+/m0/s1. The summed E-state index contributed by atoms with van der Waals surface area (Å²) in [5.41, 5.74) is 2.56. The molecule has 0 unspecified atom stereocenters. The van der Waals surface area contributed by atoms with Gasteiger partial charge in [0.25, 0.3) is 0 Å². The third-order valence-corrected chi connectivity index (χ3v) is 8.85. The molecule has 2 aromatic rings. The van der Waals surface area contributed by atoms with Crippen LogP contribution in [0.4, 0.5) is 11.4 Å². The van der Waals surface area contributed by atoms with Crippen LogP contribution in [0.2, 0.25) is 0 Å². The Labute approximate surface area is 254 Å². The molecule has 0 bridgehead atoms. The van der Waals surface area contributed by atoms with Gasteiger partial charge in [0.1, 0.15) is 29.6 Å². The van der Waals surface area contributed by atoms with E-state index in [-0.39, 0.29) is 41.9 Å². The number of aryl methyl sites for hydroxylation is 1. The summed E-state index contributed by atoms with van der Waals surface area (Å²) in [7, 11) is 2.03. The van der Waals surface area contributed by atoms with Gasteiger partial charge in [-0.2, -0.15) is 0 Å². The first-order valence-electron chi connectivity index (χ1n) is 15.6. The molecule has 4 amide bonds. The Kier molecular flexibility index (Phi) is 11.3. The fourth-order valence-corrected chi connectivity index (χ4v) is 6.02. The molecule has 0 spiro atoms. The number of nitrogens with one attached hydrogen (secondary N) is 3. The maximum Gasteiger partial charge on any atom is 0.245 e. The van der Waals surface area contributed by atoms with Crippen molar-refractivity contribution in [1.29, 1.82) is 0 Å². The van der Waals surface area contributed by atoms with Gasteiger partial charge in [-0.25, -0.2) is 0 Å². The number of carbonyl (C=O) groups is 4. The number of aromatic nitrogens is 1. The Bertz CT molecular complexity index is 1250. The lowest BCUT2D eigenvalue weighted by atomic mass is 9.79. The zero-order chi connectivity index (χ0) is 30.9. The van der Waals surface area contributed by atoms with E-state index in [1.165, 1.54) is 6.26 Å². The van der Waals surface area contributed by atoms with E-state index < -0.39 is 12.0 Å². The first-order chi connectivity index (χ1) is 20.7. The van der Waals surface area contributed by atoms with Crippen LogP contribution in [0.25, 0.3) is 0 Å². The number of amides is 4. The van der Waals surface area contributed by atoms with Crippen LogP contribution in [0.1, 0.15) is 76.5 Å². The number of rotatable bonds is 11. The highest BCUT2D eigenvalue weighted by Gasteiger charge is 2.36. The van der Waals surface area contributed by atoms with Crippen LogP contribution in [-0.4, -0.2) is 77.9 Å². The molecular formula is C32H46N6O5. The minimum Gasteiger partial charge on any atom is -0.362 e. The highest BCUT2D eigenvalue weighted by molar-refractivity contribution is 6.11. The van der Waals surface area contributed by atoms with Gasteiger partial charge >= 0.3 is 0 Å². The Hall–Kier alpha value is -3.73. The molecule has 1 aromatic carbocycles. The van der Waals surface area contributed by atoms with Crippen LogP contribution in [0.3, 0.4) is 0 Å². The number of piperazine rings is 1. The minimum absolute atomic E-state index is 0.0542. The third kappa shape index (κ3) is 8.22. The van der Waals surface area contributed by atoms with E-state index >= 15 is 0 Å². The fraction of sp³-hybridized carbons (Fsp3) is 0.594. The zero-order valence-electron chi connectivity index (χ0n) is 25.9. The van der Waals surface area contributed by atoms with E-state index in [1.54, 1.807) is 19.1 Å². The third-order valence-electron chi connectivity index (χ3n) is 8.85. The van der Waals surface area contributed by atoms with Crippen molar-refractivity contribution in [3.05, 3.63) is 41.8 Å². The molecule has 11 nitrogen and oxygen atoms in total. The van der Waals surface area contributed by atoms with Crippen molar-refractivity contribution in [3.8, 4) is 0 Å². The molecule has 2 aliphatic rings. The van der Waals surface area contributed by atoms with Gasteiger partial charge in [-0.1, -0.05) is 57.3 Å². The van der Waals surface area contributed by atoms with Gasteiger partial charge in [0.2, 0.25) is 23.6 Å². The molecule has 1 aliphatic carbocycles. The molecule has 0 radical (unpaired) electrons. The second kappa shape index (κ2) is 15.1. The van der Waals surface area contributed by atoms with Crippen LogP contribution in [0.15, 0.2) is 35.1 Å². The number of likely N-dealkylation sites (N-methyl/N-ethyl adjacent to an activating group) is 1. The molecule has 2 fully saturated rings. The summed E-state index contributed by atoms with van der Waals surface area (Å²) in [6.45, 7) is 8.45. The van der Waals surface area contributed by atoms with Gasteiger partial charge < -0.3 is 30.3 Å². The highest BCUT2D eigenvalue weighted by Crippen LogP contribution is 2.32. The Morgan fingerprint density at radius 1 is 0.953 bits per heavy atom. The fourth-order valence-electron chi connectivity index (χ4n) is 6.02. The first-order valence-corrected chi connectivity index (χ1v) is 15.6. The van der Waals surface area contributed by atoms with Gasteiger partial charge in [0, 0.05) is 44.2 Å². The summed E-state index contributed by atoms with van der Waals surface area (Å²) in [5, 5.41) is 12.7. The lowest BCUT2D eigenvalue weighted by Gasteiger charge is -2.36. The summed E-state index contributed by atoms with van der Waals surface area (Å²) < 4.78 is 5.03. The first kappa shape index (κ1) is 32.2. The molecule has 1 aromatic heterocycles. The second-order valence-electron chi connectivity index (χ2n) is 11.8. The number of hydrogen-bond donors (Lipinski definition) is 3. The smallest absolute Gasteiger partial charge is 0.245 e. The molecule has 4 rings (SSSR count). The van der Waals surface area contributed by atoms with Crippen molar-refractivity contribution in [2.45, 2.75) is 77.7 Å². The quantitative estimate of drug-likeness (QED) is 0.337. The highest BCUT2D eigenvalue weighted by atomic mass is 16.5. The second-order valence-corrected chi connectivity index (χ2v) is 11.8. The van der Waals surface area contributed by atoms with E-state index in [0.29, 0.717) is 36.6 Å². The molecule has 1 saturated carbocycles. The molecule has 234 valence electrons. The summed E-state index contributed by atoms with van der Waals surface area (Å²) in [6, 6.07) is 6.61. The number of carbonyl (C=O) groups excluding carboxylic acids is 4. The molecule has 3 atom stereocenters. The number of anilines is 2. The maximum absolute atomic E-state index is 13.6. The SMILES string of the molecule is CCC(=O)N[C@@H](C(=O)N1CCN(C)CC1)[C@@H](C)c1ccc(NC(=O)[C@@H](C(=O)Nc2conc2CC)C2CCCCC2)cc1. The average Bonchev–Trinajstić information content (AvgIpc) is 3.47. The van der Waals surface area contributed by atoms with E-state index in [4.69, 9.17) is 4.52 Å². The number of benzene rings is 1. The van der Waals surface area contributed by atoms with Crippen molar-refractivity contribution >= 4 is 35.0 Å². The zero-order valence-corrected chi connectivity index (χ0v) is 25.9. The van der Waals surface area contributed by atoms with Gasteiger partial charge in [-0.05, 0) is 49.9 Å². The van der Waals surface area contributed by atoms with Crippen molar-refractivity contribution in [1.82, 2.24) is 20.3 Å². The van der Waals surface area contributed by atoms with Crippen molar-refractivity contribution in [2.75, 3.05) is 43.9 Å². The van der Waals surface area contributed by atoms with Crippen LogP contribution in [0, 0.1) is 11.8 Å². The monoisotopic (exact) mass is 594 g/mol. The predicted octanol–water partition coefficient (Wildman–Crippen LogP) is 3.78. The molecular weight excluding hydrogens is 548 g/mol. The van der Waals surface area contributed by atoms with Crippen LogP contribution >= 0.6 is 0 Å². The van der Waals surface area contributed by atoms with Crippen LogP contribution in [-0.2, 0) is 25.6 Å². The normalized spacial score (nSPS) is 18.4. The average molecular weight is 595 g/mol. The number of nitrogens with zero attached hydrogens (tertiary/aromatic N) is 3. The van der Waals surface area contributed by atoms with E-state index in [9.17, 15) is 19.2 Å². The van der Waals surface area contributed by atoms with E-state index in [1.807, 2.05) is 37.9 Å². The van der Waals surface area contributed by atoms with Crippen molar-refractivity contribution in [2.24, 2.45) is 11.8 Å². The molecule has 1 saturated heterocycles. The van der Waals surface area contributed by atoms with E-state index in [0.717, 1.165) is 50.8 Å². The van der Waals surface area contributed by atoms with Gasteiger partial charge in [0.15, 0.2) is 0 Å². The summed E-state index contributed by atoms with van der Waals surface area (Å²) >= 11 is 0. The predicted molar refractivity (Wildman–Crippen MR) is 164 cm³/mol. The summed E-state index contributed by atoms with van der Waals surface area (Å²) in [4.78, 5) is 56.9. The maximum atomic E-state index is 13.6. The summed E-state index contributed by atoms with van der Waals surface area (Å²) in [5.74, 6) is -2.16. The van der Waals surface area contributed by atoms with E-state index in [2.05, 4.69) is 26.0 Å². The Morgan fingerprint density at radius 3 is 2.23 bits per heavy atom. The number of hydrogen-bond acceptors (Lipinski definition) is 7. The topological polar surface area (TPSA) is 137 Å². The van der Waals surface area contributed by atoms with Gasteiger partial charge in [-0.3, -0.25) is 19.2 Å². The van der Waals surface area contributed by atoms with Gasteiger partial charge in [-0.15, -0.1) is 0 Å². The van der Waals surface area contributed by atoms with Gasteiger partial charge in [0.05, 0.1) is 0 Å². The Morgan fingerprint density at radius 2 is 1.60 bits per heavy atom. The lowest BCUT2D eigenvalue weighted by molar-refractivity contribution is -0.138. The van der Waals surface area contributed by atoms with Crippen LogP contribution in [0.5, 0.6) is 0 Å². The molecule has 3 N–H and O–H groups in total. The molecule has 11 heteroatoms. The molecule has 2 heterocycles. The largest absolute Gasteiger partial charge is 0.362 e. The lowest BCUT2D eigenvalue weighted by Crippen LogP contribution is -2.55. The van der Waals surface area contributed by atoms with Crippen molar-refractivity contribution < 1.29 is 23.7 Å².